The van der Waals surface area contributed by atoms with Crippen LogP contribution in [0.4, 0.5) is 14.5 Å². The van der Waals surface area contributed by atoms with Gasteiger partial charge < -0.3 is 9.73 Å². The third kappa shape index (κ3) is 2.45. The van der Waals surface area contributed by atoms with Gasteiger partial charge in [0.05, 0.1) is 0 Å². The molecule has 2 aromatic rings. The molecular weight excluding hydrogens is 252 g/mol. The van der Waals surface area contributed by atoms with Gasteiger partial charge in [-0.25, -0.2) is 8.78 Å². The SMILES string of the molecule is O=C(Nc1c(F)cccc1F)c1ccc(Cl)o1. The van der Waals surface area contributed by atoms with E-state index in [1.54, 1.807) is 0 Å². The summed E-state index contributed by atoms with van der Waals surface area (Å²) in [6.07, 6.45) is 0. The molecule has 0 radical (unpaired) electrons. The molecule has 6 heteroatoms. The van der Waals surface area contributed by atoms with Crippen LogP contribution >= 0.6 is 11.6 Å². The molecule has 1 heterocycles. The third-order valence-electron chi connectivity index (χ3n) is 2.00. The van der Waals surface area contributed by atoms with E-state index in [1.165, 1.54) is 18.2 Å². The summed E-state index contributed by atoms with van der Waals surface area (Å²) in [4.78, 5) is 11.5. The van der Waals surface area contributed by atoms with Crippen molar-refractivity contribution in [2.75, 3.05) is 5.32 Å². The number of halogens is 3. The zero-order chi connectivity index (χ0) is 12.4. The highest BCUT2D eigenvalue weighted by atomic mass is 35.5. The average molecular weight is 258 g/mol. The summed E-state index contributed by atoms with van der Waals surface area (Å²) in [6, 6.07) is 5.93. The zero-order valence-corrected chi connectivity index (χ0v) is 9.09. The molecule has 3 nitrogen and oxygen atoms in total. The van der Waals surface area contributed by atoms with E-state index in [0.717, 1.165) is 12.1 Å². The van der Waals surface area contributed by atoms with Crippen LogP contribution in [0.1, 0.15) is 10.6 Å². The number of nitrogens with one attached hydrogen (secondary N) is 1. The van der Waals surface area contributed by atoms with Crippen LogP contribution in [-0.4, -0.2) is 5.91 Å². The molecule has 1 N–H and O–H groups in total. The molecule has 1 amide bonds. The number of carbonyl (C=O) groups is 1. The Bertz CT molecular complexity index is 548. The molecule has 0 aliphatic carbocycles. The molecule has 0 bridgehead atoms. The predicted molar refractivity (Wildman–Crippen MR) is 58.0 cm³/mol. The molecule has 0 atom stereocenters. The van der Waals surface area contributed by atoms with Crippen LogP contribution in [-0.2, 0) is 0 Å². The first-order valence-electron chi connectivity index (χ1n) is 4.58. The first kappa shape index (κ1) is 11.6. The fraction of sp³-hybridized carbons (Fsp3) is 0. The van der Waals surface area contributed by atoms with Gasteiger partial charge >= 0.3 is 0 Å². The van der Waals surface area contributed by atoms with Gasteiger partial charge in [0.2, 0.25) is 0 Å². The Morgan fingerprint density at radius 3 is 2.35 bits per heavy atom. The summed E-state index contributed by atoms with van der Waals surface area (Å²) in [5.41, 5.74) is -0.523. The lowest BCUT2D eigenvalue weighted by molar-refractivity contribution is 0.0995. The highest BCUT2D eigenvalue weighted by Crippen LogP contribution is 2.20. The molecule has 88 valence electrons. The standard InChI is InChI=1S/C11H6ClF2NO2/c12-9-5-4-8(17-9)11(16)15-10-6(13)2-1-3-7(10)14/h1-5H,(H,15,16). The molecule has 0 spiro atoms. The second-order valence-corrected chi connectivity index (χ2v) is 3.53. The maximum atomic E-state index is 13.2. The second-order valence-electron chi connectivity index (χ2n) is 3.15. The van der Waals surface area contributed by atoms with Crippen LogP contribution in [0.15, 0.2) is 34.7 Å². The van der Waals surface area contributed by atoms with Gasteiger partial charge in [0.15, 0.2) is 11.0 Å². The monoisotopic (exact) mass is 257 g/mol. The summed E-state index contributed by atoms with van der Waals surface area (Å²) >= 11 is 5.48. The molecule has 0 saturated carbocycles. The summed E-state index contributed by atoms with van der Waals surface area (Å²) in [5, 5.41) is 2.08. The number of anilines is 1. The van der Waals surface area contributed by atoms with E-state index < -0.39 is 23.2 Å². The van der Waals surface area contributed by atoms with Crippen molar-refractivity contribution in [3.8, 4) is 0 Å². The predicted octanol–water partition coefficient (Wildman–Crippen LogP) is 3.46. The minimum Gasteiger partial charge on any atom is -0.440 e. The van der Waals surface area contributed by atoms with E-state index in [-0.39, 0.29) is 11.0 Å². The zero-order valence-electron chi connectivity index (χ0n) is 8.34. The third-order valence-corrected chi connectivity index (χ3v) is 2.20. The summed E-state index contributed by atoms with van der Waals surface area (Å²) < 4.78 is 31.2. The van der Waals surface area contributed by atoms with Crippen LogP contribution < -0.4 is 5.32 Å². The number of amides is 1. The quantitative estimate of drug-likeness (QED) is 0.895. The van der Waals surface area contributed by atoms with E-state index in [1.807, 2.05) is 0 Å². The van der Waals surface area contributed by atoms with E-state index in [4.69, 9.17) is 16.0 Å². The average Bonchev–Trinajstić information content (AvgIpc) is 2.70. The molecule has 1 aromatic carbocycles. The molecule has 0 saturated heterocycles. The van der Waals surface area contributed by atoms with E-state index in [0.29, 0.717) is 0 Å². The fourth-order valence-electron chi connectivity index (χ4n) is 1.23. The Balaban J connectivity index is 2.24. The van der Waals surface area contributed by atoms with Gasteiger partial charge in [0.25, 0.3) is 5.91 Å². The Morgan fingerprint density at radius 1 is 1.18 bits per heavy atom. The number of para-hydroxylation sites is 1. The van der Waals surface area contributed by atoms with Gasteiger partial charge in [0.1, 0.15) is 17.3 Å². The summed E-state index contributed by atoms with van der Waals surface area (Å²) in [6.45, 7) is 0. The van der Waals surface area contributed by atoms with Crippen molar-refractivity contribution in [2.24, 2.45) is 0 Å². The van der Waals surface area contributed by atoms with Gasteiger partial charge in [-0.1, -0.05) is 6.07 Å². The second kappa shape index (κ2) is 4.55. The molecule has 0 aliphatic heterocycles. The molecule has 0 fully saturated rings. The van der Waals surface area contributed by atoms with Crippen molar-refractivity contribution in [1.29, 1.82) is 0 Å². The lowest BCUT2D eigenvalue weighted by atomic mass is 10.3. The van der Waals surface area contributed by atoms with Gasteiger partial charge in [-0.05, 0) is 35.9 Å². The number of hydrogen-bond acceptors (Lipinski definition) is 2. The lowest BCUT2D eigenvalue weighted by Gasteiger charge is -2.05. The lowest BCUT2D eigenvalue weighted by Crippen LogP contribution is -2.13. The fourth-order valence-corrected chi connectivity index (χ4v) is 1.37. The normalized spacial score (nSPS) is 10.3. The van der Waals surface area contributed by atoms with E-state index in [9.17, 15) is 13.6 Å². The number of hydrogen-bond donors (Lipinski definition) is 1. The summed E-state index contributed by atoms with van der Waals surface area (Å²) in [5.74, 6) is -2.63. The van der Waals surface area contributed by atoms with Crippen molar-refractivity contribution in [3.63, 3.8) is 0 Å². The van der Waals surface area contributed by atoms with Gasteiger partial charge in [-0.15, -0.1) is 0 Å². The minimum absolute atomic E-state index is 0.0177. The molecular formula is C11H6ClF2NO2. The Morgan fingerprint density at radius 2 is 1.82 bits per heavy atom. The van der Waals surface area contributed by atoms with Crippen molar-refractivity contribution in [3.05, 3.63) is 52.9 Å². The number of rotatable bonds is 2. The van der Waals surface area contributed by atoms with Crippen LogP contribution in [0.5, 0.6) is 0 Å². The largest absolute Gasteiger partial charge is 0.440 e. The van der Waals surface area contributed by atoms with Gasteiger partial charge in [-0.2, -0.15) is 0 Å². The molecule has 2 rings (SSSR count). The van der Waals surface area contributed by atoms with Crippen LogP contribution in [0.3, 0.4) is 0 Å². The maximum Gasteiger partial charge on any atom is 0.291 e. The van der Waals surface area contributed by atoms with Crippen LogP contribution in [0.25, 0.3) is 0 Å². The van der Waals surface area contributed by atoms with Gasteiger partial charge in [0, 0.05) is 0 Å². The first-order chi connectivity index (χ1) is 8.08. The number of benzene rings is 1. The van der Waals surface area contributed by atoms with Crippen molar-refractivity contribution >= 4 is 23.2 Å². The molecule has 17 heavy (non-hydrogen) atoms. The highest BCUT2D eigenvalue weighted by molar-refractivity contribution is 6.29. The smallest absolute Gasteiger partial charge is 0.291 e. The Labute approximate surface area is 100.0 Å². The van der Waals surface area contributed by atoms with Crippen molar-refractivity contribution in [2.45, 2.75) is 0 Å². The van der Waals surface area contributed by atoms with Crippen LogP contribution in [0, 0.1) is 11.6 Å². The van der Waals surface area contributed by atoms with Crippen molar-refractivity contribution in [1.82, 2.24) is 0 Å². The molecule has 0 unspecified atom stereocenters. The molecule has 0 aliphatic rings. The minimum atomic E-state index is -0.865. The highest BCUT2D eigenvalue weighted by Gasteiger charge is 2.15. The maximum absolute atomic E-state index is 13.2. The number of furan rings is 1. The van der Waals surface area contributed by atoms with E-state index in [2.05, 4.69) is 5.32 Å². The van der Waals surface area contributed by atoms with Crippen LogP contribution in [0.2, 0.25) is 5.22 Å². The number of carbonyl (C=O) groups excluding carboxylic acids is 1. The topological polar surface area (TPSA) is 42.2 Å². The Kier molecular flexibility index (Phi) is 3.10. The van der Waals surface area contributed by atoms with Gasteiger partial charge in [-0.3, -0.25) is 4.79 Å². The van der Waals surface area contributed by atoms with E-state index >= 15 is 0 Å². The Hall–Kier alpha value is -1.88. The first-order valence-corrected chi connectivity index (χ1v) is 4.96. The summed E-state index contributed by atoms with van der Waals surface area (Å²) in [7, 11) is 0. The van der Waals surface area contributed by atoms with Crippen molar-refractivity contribution < 1.29 is 18.0 Å². The molecule has 1 aromatic heterocycles.